The van der Waals surface area contributed by atoms with E-state index in [4.69, 9.17) is 9.52 Å². The zero-order chi connectivity index (χ0) is 7.49. The van der Waals surface area contributed by atoms with Gasteiger partial charge in [0.05, 0.1) is 6.61 Å². The van der Waals surface area contributed by atoms with Gasteiger partial charge < -0.3 is 4.74 Å². The van der Waals surface area contributed by atoms with Crippen molar-refractivity contribution >= 4 is 18.3 Å². The quantitative estimate of drug-likeness (QED) is 0.419. The van der Waals surface area contributed by atoms with E-state index in [0.29, 0.717) is 0 Å². The third-order valence-electron chi connectivity index (χ3n) is 0.289. The number of ether oxygens (including phenoxy) is 1. The zero-order valence-corrected chi connectivity index (χ0v) is 4.84. The minimum atomic E-state index is -2.38. The van der Waals surface area contributed by atoms with E-state index in [0.717, 1.165) is 0 Å². The van der Waals surface area contributed by atoms with Crippen LogP contribution in [0.4, 0.5) is 0 Å². The Balaban J connectivity index is 0. The van der Waals surface area contributed by atoms with E-state index in [1.807, 2.05) is 0 Å². The summed E-state index contributed by atoms with van der Waals surface area (Å²) < 4.78 is 24.3. The van der Waals surface area contributed by atoms with Crippen molar-refractivity contribution in [2.45, 2.75) is 13.8 Å². The van der Waals surface area contributed by atoms with Crippen LogP contribution >= 0.6 is 12.4 Å². The Hall–Kier alpha value is -0.240. The monoisotopic (exact) mass is 126 g/mol. The van der Waals surface area contributed by atoms with Gasteiger partial charge in [-0.25, -0.2) is 0 Å². The molecule has 0 aromatic rings. The van der Waals surface area contributed by atoms with Crippen molar-refractivity contribution < 1.29 is 8.85 Å². The van der Waals surface area contributed by atoms with Gasteiger partial charge in [0, 0.05) is 11.0 Å². The molecule has 0 amide bonds. The lowest BCUT2D eigenvalue weighted by Crippen LogP contribution is -1.94. The Morgan fingerprint density at radius 3 is 2.71 bits per heavy atom. The fourth-order valence-electron chi connectivity index (χ4n) is 0.144. The van der Waals surface area contributed by atoms with E-state index in [1.54, 1.807) is 6.92 Å². The number of hydrogen-bond acceptors (Lipinski definition) is 2. The lowest BCUT2D eigenvalue weighted by Gasteiger charge is -1.93. The third kappa shape index (κ3) is 10.7. The van der Waals surface area contributed by atoms with Crippen molar-refractivity contribution in [3.05, 3.63) is 0 Å². The van der Waals surface area contributed by atoms with Crippen molar-refractivity contribution in [2.24, 2.45) is 0 Å². The highest BCUT2D eigenvalue weighted by Gasteiger charge is 1.75. The van der Waals surface area contributed by atoms with Gasteiger partial charge in [0.1, 0.15) is 0 Å². The predicted octanol–water partition coefficient (Wildman–Crippen LogP) is 1.44. The highest BCUT2D eigenvalue weighted by atomic mass is 35.5. The highest BCUT2D eigenvalue weighted by molar-refractivity contribution is 5.85. The van der Waals surface area contributed by atoms with Crippen LogP contribution in [-0.2, 0) is 4.74 Å². The largest absolute Gasteiger partial charge is 0.482 e. The first-order valence-corrected chi connectivity index (χ1v) is 1.70. The minimum Gasteiger partial charge on any atom is -0.482 e. The average molecular weight is 127 g/mol. The molecule has 0 rings (SSSR count). The maximum atomic E-state index is 6.76. The van der Waals surface area contributed by atoms with Gasteiger partial charge in [-0.1, -0.05) is 0 Å². The van der Waals surface area contributed by atoms with E-state index in [2.05, 4.69) is 4.74 Å². The second-order valence-corrected chi connectivity index (χ2v) is 0.762. The molecule has 0 unspecified atom stereocenters. The highest BCUT2D eigenvalue weighted by Crippen LogP contribution is 1.70. The molecular weight excluding hydrogens is 114 g/mol. The lowest BCUT2D eigenvalue weighted by atomic mass is 10.7. The summed E-state index contributed by atoms with van der Waals surface area (Å²) >= 11 is 0. The van der Waals surface area contributed by atoms with Gasteiger partial charge in [0.15, 0.2) is 5.90 Å². The van der Waals surface area contributed by atoms with Gasteiger partial charge in [-0.05, 0) is 6.92 Å². The van der Waals surface area contributed by atoms with Crippen molar-refractivity contribution in [3.8, 4) is 0 Å². The van der Waals surface area contributed by atoms with Crippen LogP contribution in [0, 0.1) is 5.41 Å². The average Bonchev–Trinajstić information content (AvgIpc) is 1.64. The Bertz CT molecular complexity index is 114. The molecule has 0 aliphatic carbocycles. The number of rotatable bonds is 1. The molecule has 44 valence electrons. The molecule has 1 N–H and O–H groups in total. The van der Waals surface area contributed by atoms with Crippen LogP contribution in [0.2, 0.25) is 0 Å². The molecule has 0 saturated carbocycles. The minimum absolute atomic E-state index is 0. The van der Waals surface area contributed by atoms with Crippen LogP contribution in [0.5, 0.6) is 0 Å². The van der Waals surface area contributed by atoms with Crippen LogP contribution in [-0.4, -0.2) is 12.5 Å². The van der Waals surface area contributed by atoms with E-state index < -0.39 is 12.7 Å². The van der Waals surface area contributed by atoms with Gasteiger partial charge in [0.25, 0.3) is 0 Å². The SMILES string of the molecule is Cl.[2H]C([2H])([2H])C(=N)OCC. The Morgan fingerprint density at radius 1 is 2.00 bits per heavy atom. The second-order valence-electron chi connectivity index (χ2n) is 0.762. The van der Waals surface area contributed by atoms with E-state index in [-0.39, 0.29) is 19.0 Å². The molecule has 7 heavy (non-hydrogen) atoms. The van der Waals surface area contributed by atoms with Crippen molar-refractivity contribution in [1.82, 2.24) is 0 Å². The van der Waals surface area contributed by atoms with Crippen molar-refractivity contribution in [3.63, 3.8) is 0 Å². The summed E-state index contributed by atoms with van der Waals surface area (Å²) in [5, 5.41) is 6.76. The fraction of sp³-hybridized carbons (Fsp3) is 0.750. The summed E-state index contributed by atoms with van der Waals surface area (Å²) in [6.07, 6.45) is 0. The summed E-state index contributed by atoms with van der Waals surface area (Å²) in [5.41, 5.74) is 0. The van der Waals surface area contributed by atoms with Gasteiger partial charge in [0.2, 0.25) is 0 Å². The van der Waals surface area contributed by atoms with E-state index >= 15 is 0 Å². The van der Waals surface area contributed by atoms with Crippen molar-refractivity contribution in [1.29, 1.82) is 5.41 Å². The maximum Gasteiger partial charge on any atom is 0.177 e. The Morgan fingerprint density at radius 2 is 2.57 bits per heavy atom. The molecule has 0 bridgehead atoms. The fourth-order valence-corrected chi connectivity index (χ4v) is 0.144. The summed E-state index contributed by atoms with van der Waals surface area (Å²) in [6.45, 7) is -0.506. The maximum absolute atomic E-state index is 6.76. The first-order valence-electron chi connectivity index (χ1n) is 3.20. The normalized spacial score (nSPS) is 14.7. The molecule has 0 heterocycles. The predicted molar refractivity (Wildman–Crippen MR) is 32.3 cm³/mol. The first-order chi connectivity index (χ1) is 3.98. The second kappa shape index (κ2) is 5.76. The Labute approximate surface area is 54.0 Å². The van der Waals surface area contributed by atoms with Gasteiger partial charge >= 0.3 is 0 Å². The van der Waals surface area contributed by atoms with Crippen LogP contribution in [0.25, 0.3) is 0 Å². The molecule has 0 atom stereocenters. The smallest absolute Gasteiger partial charge is 0.177 e. The summed E-state index contributed by atoms with van der Waals surface area (Å²) in [7, 11) is 0. The molecule has 2 nitrogen and oxygen atoms in total. The van der Waals surface area contributed by atoms with Crippen LogP contribution in [0.1, 0.15) is 17.9 Å². The number of hydrogen-bond donors (Lipinski definition) is 1. The van der Waals surface area contributed by atoms with E-state index in [1.165, 1.54) is 0 Å². The molecule has 0 aliphatic heterocycles. The lowest BCUT2D eigenvalue weighted by molar-refractivity contribution is 0.321. The number of halogens is 1. The summed E-state index contributed by atoms with van der Waals surface area (Å²) in [4.78, 5) is 0. The molecule has 0 spiro atoms. The van der Waals surface area contributed by atoms with Gasteiger partial charge in [-0.3, -0.25) is 5.41 Å². The molecule has 0 aromatic heterocycles. The summed E-state index contributed by atoms with van der Waals surface area (Å²) in [6, 6.07) is 0. The molecule has 0 radical (unpaired) electrons. The third-order valence-corrected chi connectivity index (χ3v) is 0.289. The molecule has 0 saturated heterocycles. The molecule has 3 heteroatoms. The standard InChI is InChI=1S/C4H9NO.ClH/c1-3-6-4(2)5;/h5H,3H2,1-2H3;1H/i2D3;. The van der Waals surface area contributed by atoms with Crippen LogP contribution in [0.3, 0.4) is 0 Å². The molecular formula is C4H10ClNO. The van der Waals surface area contributed by atoms with Gasteiger partial charge in [-0.2, -0.15) is 0 Å². The topological polar surface area (TPSA) is 33.1 Å². The van der Waals surface area contributed by atoms with Crippen LogP contribution < -0.4 is 0 Å². The molecule has 0 aromatic carbocycles. The number of nitrogens with one attached hydrogen (secondary N) is 1. The molecule has 0 fully saturated rings. The Kier molecular flexibility index (Phi) is 3.06. The van der Waals surface area contributed by atoms with Crippen LogP contribution in [0.15, 0.2) is 0 Å². The summed E-state index contributed by atoms with van der Waals surface area (Å²) in [5.74, 6) is -0.634. The molecule has 0 aliphatic rings. The first kappa shape index (κ1) is 3.72. The van der Waals surface area contributed by atoms with Crippen molar-refractivity contribution in [2.75, 3.05) is 6.61 Å². The van der Waals surface area contributed by atoms with E-state index in [9.17, 15) is 0 Å². The van der Waals surface area contributed by atoms with Gasteiger partial charge in [-0.15, -0.1) is 12.4 Å². The zero-order valence-electron chi connectivity index (χ0n) is 7.02.